The summed E-state index contributed by atoms with van der Waals surface area (Å²) < 4.78 is 0. The number of imide groups is 1. The van der Waals surface area contributed by atoms with E-state index in [1.807, 2.05) is 54.6 Å². The number of hydrogen-bond acceptors (Lipinski definition) is 4. The van der Waals surface area contributed by atoms with Crippen molar-refractivity contribution in [2.75, 3.05) is 13.1 Å². The van der Waals surface area contributed by atoms with E-state index in [-0.39, 0.29) is 55.0 Å². The molecule has 0 aromatic heterocycles. The number of nitrogens with zero attached hydrogens (tertiary/aromatic N) is 2. The highest BCUT2D eigenvalue weighted by atomic mass is 35.5. The summed E-state index contributed by atoms with van der Waals surface area (Å²) in [4.78, 5) is 56.1. The Hall–Kier alpha value is -3.45. The van der Waals surface area contributed by atoms with Gasteiger partial charge in [-0.2, -0.15) is 0 Å². The van der Waals surface area contributed by atoms with Gasteiger partial charge in [0.05, 0.1) is 11.8 Å². The highest BCUT2D eigenvalue weighted by molar-refractivity contribution is 6.30. The molecule has 1 heterocycles. The summed E-state index contributed by atoms with van der Waals surface area (Å²) in [5.41, 5.74) is 1.72. The number of likely N-dealkylation sites (tertiary alicyclic amines) is 1. The number of amides is 4. The monoisotopic (exact) mass is 549 g/mol. The summed E-state index contributed by atoms with van der Waals surface area (Å²) in [5, 5.41) is 3.54. The molecular formula is C31H36ClN3O4. The predicted octanol–water partition coefficient (Wildman–Crippen LogP) is 4.54. The van der Waals surface area contributed by atoms with E-state index in [1.54, 1.807) is 17.0 Å². The van der Waals surface area contributed by atoms with E-state index in [1.165, 1.54) is 4.90 Å². The first kappa shape index (κ1) is 28.6. The number of carbonyl (C=O) groups is 4. The number of carbonyl (C=O) groups excluding carboxylic acids is 4. The van der Waals surface area contributed by atoms with Gasteiger partial charge in [0.15, 0.2) is 0 Å². The molecule has 4 rings (SSSR count). The molecule has 1 fully saturated rings. The van der Waals surface area contributed by atoms with Gasteiger partial charge in [-0.1, -0.05) is 79.6 Å². The Morgan fingerprint density at radius 3 is 2.31 bits per heavy atom. The molecule has 1 aliphatic carbocycles. The van der Waals surface area contributed by atoms with Crippen LogP contribution in [0.2, 0.25) is 5.02 Å². The van der Waals surface area contributed by atoms with Gasteiger partial charge in [0.2, 0.25) is 23.6 Å². The number of unbranched alkanes of at least 4 members (excludes halogenated alkanes) is 1. The molecule has 0 unspecified atom stereocenters. The second-order valence-corrected chi connectivity index (χ2v) is 10.7. The fraction of sp³-hybridized carbons (Fsp3) is 0.419. The Bertz CT molecular complexity index is 1190. The lowest BCUT2D eigenvalue weighted by molar-refractivity contribution is -0.144. The minimum atomic E-state index is -0.771. The number of halogens is 1. The third kappa shape index (κ3) is 7.15. The Morgan fingerprint density at radius 2 is 1.67 bits per heavy atom. The van der Waals surface area contributed by atoms with Crippen LogP contribution in [0.5, 0.6) is 0 Å². The first-order chi connectivity index (χ1) is 18.9. The van der Waals surface area contributed by atoms with Gasteiger partial charge in [-0.3, -0.25) is 24.1 Å². The topological polar surface area (TPSA) is 86.8 Å². The summed E-state index contributed by atoms with van der Waals surface area (Å²) in [6, 6.07) is 16.0. The number of benzene rings is 2. The van der Waals surface area contributed by atoms with Crippen molar-refractivity contribution in [1.82, 2.24) is 15.1 Å². The molecule has 1 saturated heterocycles. The van der Waals surface area contributed by atoms with Crippen LogP contribution in [0.4, 0.5) is 0 Å². The molecule has 7 nitrogen and oxygen atoms in total. The standard InChI is InChI=1S/C31H36ClN3O4/c1-2-3-17-33-29(37)27(20-22-10-5-4-6-11-22)35(21-23-12-9-13-24(32)19-23)28(36)16-18-34-30(38)25-14-7-8-15-26(25)31(34)39/h4-13,19,25-27H,2-3,14-18,20-21H2,1H3,(H,33,37)/t25-,26+,27-/m1/s1. The van der Waals surface area contributed by atoms with Crippen LogP contribution >= 0.6 is 11.6 Å². The summed E-state index contributed by atoms with van der Waals surface area (Å²) in [5.74, 6) is -1.61. The zero-order chi connectivity index (χ0) is 27.8. The zero-order valence-electron chi connectivity index (χ0n) is 22.4. The predicted molar refractivity (Wildman–Crippen MR) is 151 cm³/mol. The van der Waals surface area contributed by atoms with Gasteiger partial charge in [-0.15, -0.1) is 0 Å². The highest BCUT2D eigenvalue weighted by Gasteiger charge is 2.47. The summed E-state index contributed by atoms with van der Waals surface area (Å²) in [6.07, 6.45) is 7.04. The maximum absolute atomic E-state index is 13.8. The molecule has 39 heavy (non-hydrogen) atoms. The van der Waals surface area contributed by atoms with Crippen molar-refractivity contribution in [3.05, 3.63) is 82.9 Å². The van der Waals surface area contributed by atoms with Crippen LogP contribution in [-0.2, 0) is 32.1 Å². The van der Waals surface area contributed by atoms with Gasteiger partial charge in [-0.25, -0.2) is 0 Å². The molecule has 2 aromatic rings. The molecule has 1 aliphatic heterocycles. The molecule has 1 N–H and O–H groups in total. The lowest BCUT2D eigenvalue weighted by Gasteiger charge is -2.32. The van der Waals surface area contributed by atoms with Crippen molar-refractivity contribution < 1.29 is 19.2 Å². The minimum Gasteiger partial charge on any atom is -0.354 e. The normalized spacial score (nSPS) is 19.1. The van der Waals surface area contributed by atoms with E-state index in [0.717, 1.165) is 24.0 Å². The molecule has 3 atom stereocenters. The highest BCUT2D eigenvalue weighted by Crippen LogP contribution is 2.35. The third-order valence-electron chi connectivity index (χ3n) is 7.49. The SMILES string of the molecule is CCCCNC(=O)[C@@H](Cc1ccccc1)N(Cc1cccc(Cl)c1)C(=O)CCN1C(=O)[C@H]2CC=CC[C@H]2C1=O. The van der Waals surface area contributed by atoms with Gasteiger partial charge in [0.1, 0.15) is 6.04 Å². The molecule has 8 heteroatoms. The van der Waals surface area contributed by atoms with Crippen LogP contribution in [-0.4, -0.2) is 52.6 Å². The lowest BCUT2D eigenvalue weighted by atomic mass is 9.85. The van der Waals surface area contributed by atoms with Gasteiger partial charge >= 0.3 is 0 Å². The molecule has 4 amide bonds. The minimum absolute atomic E-state index is 0.00502. The lowest BCUT2D eigenvalue weighted by Crippen LogP contribution is -2.51. The number of allylic oxidation sites excluding steroid dienone is 2. The molecule has 2 aliphatic rings. The fourth-order valence-electron chi connectivity index (χ4n) is 5.33. The van der Waals surface area contributed by atoms with Gasteiger partial charge < -0.3 is 10.2 Å². The van der Waals surface area contributed by atoms with E-state index in [4.69, 9.17) is 11.6 Å². The van der Waals surface area contributed by atoms with Crippen LogP contribution in [0.25, 0.3) is 0 Å². The smallest absolute Gasteiger partial charge is 0.243 e. The summed E-state index contributed by atoms with van der Waals surface area (Å²) in [6.45, 7) is 2.75. The zero-order valence-corrected chi connectivity index (χ0v) is 23.1. The van der Waals surface area contributed by atoms with Crippen LogP contribution in [0, 0.1) is 11.8 Å². The van der Waals surface area contributed by atoms with E-state index < -0.39 is 6.04 Å². The molecular weight excluding hydrogens is 514 g/mol. The molecule has 0 bridgehead atoms. The van der Waals surface area contributed by atoms with E-state index in [0.29, 0.717) is 30.8 Å². The van der Waals surface area contributed by atoms with Crippen LogP contribution in [0.3, 0.4) is 0 Å². The van der Waals surface area contributed by atoms with Crippen molar-refractivity contribution in [1.29, 1.82) is 0 Å². The number of hydrogen-bond donors (Lipinski definition) is 1. The van der Waals surface area contributed by atoms with E-state index >= 15 is 0 Å². The molecule has 0 radical (unpaired) electrons. The van der Waals surface area contributed by atoms with Crippen molar-refractivity contribution in [3.8, 4) is 0 Å². The Labute approximate surface area is 235 Å². The fourth-order valence-corrected chi connectivity index (χ4v) is 5.55. The van der Waals surface area contributed by atoms with Crippen LogP contribution in [0.15, 0.2) is 66.7 Å². The maximum Gasteiger partial charge on any atom is 0.243 e. The quantitative estimate of drug-likeness (QED) is 0.239. The number of rotatable bonds is 12. The first-order valence-electron chi connectivity index (χ1n) is 13.7. The molecule has 0 saturated carbocycles. The molecule has 0 spiro atoms. The average molecular weight is 550 g/mol. The van der Waals surface area contributed by atoms with Crippen molar-refractivity contribution in [2.45, 2.75) is 58.0 Å². The summed E-state index contributed by atoms with van der Waals surface area (Å²) in [7, 11) is 0. The second-order valence-electron chi connectivity index (χ2n) is 10.2. The Balaban J connectivity index is 1.57. The molecule has 2 aromatic carbocycles. The van der Waals surface area contributed by atoms with Crippen LogP contribution < -0.4 is 5.32 Å². The number of fused-ring (bicyclic) bond motifs is 1. The Morgan fingerprint density at radius 1 is 1.00 bits per heavy atom. The average Bonchev–Trinajstić information content (AvgIpc) is 3.19. The third-order valence-corrected chi connectivity index (χ3v) is 7.73. The number of nitrogens with one attached hydrogen (secondary N) is 1. The summed E-state index contributed by atoms with van der Waals surface area (Å²) >= 11 is 6.23. The van der Waals surface area contributed by atoms with Crippen molar-refractivity contribution in [3.63, 3.8) is 0 Å². The van der Waals surface area contributed by atoms with Gasteiger partial charge in [0, 0.05) is 37.5 Å². The van der Waals surface area contributed by atoms with Crippen molar-refractivity contribution >= 4 is 35.2 Å². The van der Waals surface area contributed by atoms with Gasteiger partial charge in [0.25, 0.3) is 0 Å². The Kier molecular flexibility index (Phi) is 9.93. The first-order valence-corrected chi connectivity index (χ1v) is 14.1. The van der Waals surface area contributed by atoms with E-state index in [2.05, 4.69) is 12.2 Å². The largest absolute Gasteiger partial charge is 0.354 e. The molecule has 206 valence electrons. The van der Waals surface area contributed by atoms with Gasteiger partial charge in [-0.05, 0) is 42.5 Å². The van der Waals surface area contributed by atoms with Crippen LogP contribution in [0.1, 0.15) is 50.2 Å². The second kappa shape index (κ2) is 13.6. The maximum atomic E-state index is 13.8. The van der Waals surface area contributed by atoms with Crippen molar-refractivity contribution in [2.24, 2.45) is 11.8 Å². The van der Waals surface area contributed by atoms with E-state index in [9.17, 15) is 19.2 Å².